The summed E-state index contributed by atoms with van der Waals surface area (Å²) in [5.41, 5.74) is 10.0. The van der Waals surface area contributed by atoms with Gasteiger partial charge in [-0.05, 0) is 40.5 Å². The average molecular weight is 718 g/mol. The van der Waals surface area contributed by atoms with Crippen molar-refractivity contribution in [2.45, 2.75) is 0 Å². The van der Waals surface area contributed by atoms with Crippen molar-refractivity contribution in [2.24, 2.45) is 0 Å². The molecule has 262 valence electrons. The van der Waals surface area contributed by atoms with Crippen LogP contribution >= 0.6 is 0 Å². The van der Waals surface area contributed by atoms with Crippen LogP contribution in [0, 0.1) is 11.3 Å². The number of rotatable bonds is 8. The Labute approximate surface area is 324 Å². The minimum Gasteiger partial charge on any atom is -0.208 e. The fourth-order valence-electron chi connectivity index (χ4n) is 6.52. The highest BCUT2D eigenvalue weighted by Gasteiger charge is 2.15. The van der Waals surface area contributed by atoms with Gasteiger partial charge in [0.2, 0.25) is 0 Å². The molecule has 0 spiro atoms. The van der Waals surface area contributed by atoms with E-state index in [4.69, 9.17) is 29.9 Å². The van der Waals surface area contributed by atoms with E-state index in [1.165, 1.54) is 0 Å². The first-order valence-electron chi connectivity index (χ1n) is 18.2. The summed E-state index contributed by atoms with van der Waals surface area (Å²) < 4.78 is 0. The van der Waals surface area contributed by atoms with Gasteiger partial charge in [0.25, 0.3) is 0 Å². The van der Waals surface area contributed by atoms with E-state index in [1.807, 2.05) is 127 Å². The van der Waals surface area contributed by atoms with Crippen LogP contribution in [-0.4, -0.2) is 29.9 Å². The van der Waals surface area contributed by atoms with Gasteiger partial charge in [0.15, 0.2) is 34.9 Å². The third-order valence-corrected chi connectivity index (χ3v) is 9.43. The van der Waals surface area contributed by atoms with Gasteiger partial charge >= 0.3 is 0 Å². The monoisotopic (exact) mass is 717 g/mol. The van der Waals surface area contributed by atoms with Crippen LogP contribution in [0.1, 0.15) is 5.56 Å². The molecule has 0 atom stereocenters. The molecule has 0 saturated carbocycles. The molecule has 9 aromatic rings. The number of aromatic nitrogens is 6. The van der Waals surface area contributed by atoms with Gasteiger partial charge in [-0.2, -0.15) is 5.26 Å². The fraction of sp³-hybridized carbons (Fsp3) is 0. The van der Waals surface area contributed by atoms with Crippen LogP contribution in [0.3, 0.4) is 0 Å². The highest BCUT2D eigenvalue weighted by Crippen LogP contribution is 2.31. The lowest BCUT2D eigenvalue weighted by atomic mass is 10.0. The van der Waals surface area contributed by atoms with E-state index in [0.29, 0.717) is 40.5 Å². The third kappa shape index (κ3) is 7.19. The predicted octanol–water partition coefficient (Wildman–Crippen LogP) is 11.3. The summed E-state index contributed by atoms with van der Waals surface area (Å²) in [5.74, 6) is 3.44. The van der Waals surface area contributed by atoms with E-state index in [9.17, 15) is 5.26 Å². The molecule has 7 aromatic carbocycles. The lowest BCUT2D eigenvalue weighted by Crippen LogP contribution is -2.00. The predicted molar refractivity (Wildman–Crippen MR) is 221 cm³/mol. The standard InChI is InChI=1S/C49H31N7/c50-32-33-12-10-20-42(30-33)48-54-47(55-49(56-48)43-21-11-19-41(31-43)34-13-4-1-5-14-34)40-28-24-36(25-29-40)35-22-26-39(27-23-35)46-52-44(37-15-6-2-7-16-37)51-45(53-46)38-17-8-3-9-18-38/h1-31H. The molecule has 7 nitrogen and oxygen atoms in total. The molecular formula is C49H31N7. The van der Waals surface area contributed by atoms with E-state index >= 15 is 0 Å². The number of hydrogen-bond donors (Lipinski definition) is 0. The second-order valence-corrected chi connectivity index (χ2v) is 13.1. The summed E-state index contributed by atoms with van der Waals surface area (Å²) in [6.07, 6.45) is 0. The van der Waals surface area contributed by atoms with Crippen LogP contribution < -0.4 is 0 Å². The Bertz CT molecular complexity index is 2780. The number of benzene rings is 7. The van der Waals surface area contributed by atoms with Crippen molar-refractivity contribution < 1.29 is 0 Å². The summed E-state index contributed by atoms with van der Waals surface area (Å²) in [6, 6.07) is 64.4. The maximum Gasteiger partial charge on any atom is 0.164 e. The molecule has 0 saturated heterocycles. The average Bonchev–Trinajstić information content (AvgIpc) is 3.30. The van der Waals surface area contributed by atoms with Crippen LogP contribution in [0.2, 0.25) is 0 Å². The summed E-state index contributed by atoms with van der Waals surface area (Å²) >= 11 is 0. The molecule has 0 unspecified atom stereocenters. The summed E-state index contributed by atoms with van der Waals surface area (Å²) in [4.78, 5) is 29.4. The second kappa shape index (κ2) is 15.2. The van der Waals surface area contributed by atoms with Gasteiger partial charge in [0.1, 0.15) is 0 Å². The molecule has 0 aliphatic rings. The number of hydrogen-bond acceptors (Lipinski definition) is 7. The first kappa shape index (κ1) is 33.9. The van der Waals surface area contributed by atoms with E-state index in [1.54, 1.807) is 12.1 Å². The highest BCUT2D eigenvalue weighted by molar-refractivity contribution is 5.75. The second-order valence-electron chi connectivity index (χ2n) is 13.1. The Morgan fingerprint density at radius 3 is 0.964 bits per heavy atom. The van der Waals surface area contributed by atoms with E-state index < -0.39 is 0 Å². The van der Waals surface area contributed by atoms with Crippen molar-refractivity contribution in [1.29, 1.82) is 5.26 Å². The van der Waals surface area contributed by atoms with Gasteiger partial charge in [-0.1, -0.05) is 170 Å². The summed E-state index contributed by atoms with van der Waals surface area (Å²) in [5, 5.41) is 9.60. The van der Waals surface area contributed by atoms with Gasteiger partial charge in [0, 0.05) is 33.4 Å². The molecule has 0 radical (unpaired) electrons. The normalized spacial score (nSPS) is 10.8. The Morgan fingerprint density at radius 1 is 0.250 bits per heavy atom. The van der Waals surface area contributed by atoms with Crippen molar-refractivity contribution in [3.63, 3.8) is 0 Å². The van der Waals surface area contributed by atoms with Gasteiger partial charge in [-0.3, -0.25) is 0 Å². The van der Waals surface area contributed by atoms with Crippen molar-refractivity contribution in [1.82, 2.24) is 29.9 Å². The topological polar surface area (TPSA) is 101 Å². The molecule has 7 heteroatoms. The van der Waals surface area contributed by atoms with Crippen LogP contribution in [-0.2, 0) is 0 Å². The van der Waals surface area contributed by atoms with Gasteiger partial charge in [-0.15, -0.1) is 0 Å². The minimum absolute atomic E-state index is 0.496. The largest absolute Gasteiger partial charge is 0.208 e. The molecule has 0 aliphatic carbocycles. The Hall–Kier alpha value is -7.95. The quantitative estimate of drug-likeness (QED) is 0.154. The minimum atomic E-state index is 0.496. The van der Waals surface area contributed by atoms with E-state index in [-0.39, 0.29) is 0 Å². The fourth-order valence-corrected chi connectivity index (χ4v) is 6.52. The molecule has 0 aliphatic heterocycles. The highest BCUT2D eigenvalue weighted by atomic mass is 15.0. The zero-order valence-electron chi connectivity index (χ0n) is 30.0. The SMILES string of the molecule is N#Cc1cccc(-c2nc(-c3ccc(-c4ccc(-c5nc(-c6ccccc6)nc(-c6ccccc6)n5)cc4)cc3)nc(-c3cccc(-c4ccccc4)c3)n2)c1. The van der Waals surface area contributed by atoms with E-state index in [0.717, 1.165) is 55.6 Å². The van der Waals surface area contributed by atoms with Crippen LogP contribution in [0.4, 0.5) is 0 Å². The lowest BCUT2D eigenvalue weighted by Gasteiger charge is -2.11. The molecular weight excluding hydrogens is 687 g/mol. The zero-order chi connectivity index (χ0) is 37.7. The van der Waals surface area contributed by atoms with Crippen LogP contribution in [0.25, 0.3) is 90.6 Å². The number of nitrogens with zero attached hydrogens (tertiary/aromatic N) is 7. The van der Waals surface area contributed by atoms with Crippen molar-refractivity contribution in [3.05, 3.63) is 194 Å². The summed E-state index contributed by atoms with van der Waals surface area (Å²) in [7, 11) is 0. The maximum atomic E-state index is 9.60. The molecule has 9 rings (SSSR count). The third-order valence-electron chi connectivity index (χ3n) is 9.43. The lowest BCUT2D eigenvalue weighted by molar-refractivity contribution is 1.07. The molecule has 0 amide bonds. The Balaban J connectivity index is 1.05. The maximum absolute atomic E-state index is 9.60. The summed E-state index contributed by atoms with van der Waals surface area (Å²) in [6.45, 7) is 0. The zero-order valence-corrected chi connectivity index (χ0v) is 30.0. The Morgan fingerprint density at radius 2 is 0.536 bits per heavy atom. The number of nitriles is 1. The van der Waals surface area contributed by atoms with Gasteiger partial charge in [-0.25, -0.2) is 29.9 Å². The van der Waals surface area contributed by atoms with Crippen molar-refractivity contribution in [3.8, 4) is 96.7 Å². The molecule has 56 heavy (non-hydrogen) atoms. The van der Waals surface area contributed by atoms with E-state index in [2.05, 4.69) is 54.6 Å². The Kier molecular flexibility index (Phi) is 9.18. The van der Waals surface area contributed by atoms with Gasteiger partial charge < -0.3 is 0 Å². The smallest absolute Gasteiger partial charge is 0.164 e. The molecule has 0 bridgehead atoms. The van der Waals surface area contributed by atoms with Crippen LogP contribution in [0.15, 0.2) is 188 Å². The van der Waals surface area contributed by atoms with Crippen molar-refractivity contribution in [2.75, 3.05) is 0 Å². The molecule has 2 aromatic heterocycles. The molecule has 2 heterocycles. The van der Waals surface area contributed by atoms with Gasteiger partial charge in [0.05, 0.1) is 11.6 Å². The first-order valence-corrected chi connectivity index (χ1v) is 18.2. The molecule has 0 N–H and O–H groups in total. The van der Waals surface area contributed by atoms with Crippen LogP contribution in [0.5, 0.6) is 0 Å². The first-order chi connectivity index (χ1) is 27.7. The molecule has 0 fully saturated rings. The van der Waals surface area contributed by atoms with Crippen molar-refractivity contribution >= 4 is 0 Å².